The van der Waals surface area contributed by atoms with E-state index in [0.717, 1.165) is 5.56 Å². The summed E-state index contributed by atoms with van der Waals surface area (Å²) in [5.74, 6) is 0.397. The SMILES string of the molecule is O=C1/C(=C\c2ccc(-c3cccc(Cl)c3)o2)NC(=S)N1c1ccc(F)cc1. The molecule has 27 heavy (non-hydrogen) atoms. The number of nitrogens with one attached hydrogen (secondary N) is 1. The first-order valence-electron chi connectivity index (χ1n) is 8.00. The Morgan fingerprint density at radius 1 is 1.11 bits per heavy atom. The second-order valence-electron chi connectivity index (χ2n) is 5.82. The highest BCUT2D eigenvalue weighted by molar-refractivity contribution is 7.80. The molecule has 0 radical (unpaired) electrons. The van der Waals surface area contributed by atoms with Crippen LogP contribution in [0.4, 0.5) is 10.1 Å². The second-order valence-corrected chi connectivity index (χ2v) is 6.64. The van der Waals surface area contributed by atoms with Crippen LogP contribution in [-0.4, -0.2) is 11.0 Å². The number of hydrogen-bond donors (Lipinski definition) is 1. The standard InChI is InChI=1S/C20H12ClFN2O2S/c21-13-3-1-2-12(10-13)18-9-8-16(26-18)11-17-19(25)24(20(27)23-17)15-6-4-14(22)5-7-15/h1-11H,(H,23,27)/b17-11+. The topological polar surface area (TPSA) is 45.5 Å². The Hall–Kier alpha value is -2.96. The van der Waals surface area contributed by atoms with Crippen LogP contribution in [0.2, 0.25) is 5.02 Å². The molecular weight excluding hydrogens is 387 g/mol. The number of thiocarbonyl (C=S) groups is 1. The van der Waals surface area contributed by atoms with Crippen LogP contribution in [0.5, 0.6) is 0 Å². The highest BCUT2D eigenvalue weighted by Gasteiger charge is 2.32. The quantitative estimate of drug-likeness (QED) is 0.498. The van der Waals surface area contributed by atoms with E-state index in [4.69, 9.17) is 28.2 Å². The lowest BCUT2D eigenvalue weighted by Crippen LogP contribution is -2.30. The van der Waals surface area contributed by atoms with Crippen molar-refractivity contribution in [3.63, 3.8) is 0 Å². The first-order chi connectivity index (χ1) is 13.0. The lowest BCUT2D eigenvalue weighted by atomic mass is 10.2. The molecule has 3 aromatic rings. The summed E-state index contributed by atoms with van der Waals surface area (Å²) in [6.07, 6.45) is 1.58. The van der Waals surface area contributed by atoms with E-state index in [0.29, 0.717) is 22.2 Å². The summed E-state index contributed by atoms with van der Waals surface area (Å²) in [6, 6.07) is 16.4. The molecule has 1 aromatic heterocycles. The highest BCUT2D eigenvalue weighted by atomic mass is 35.5. The monoisotopic (exact) mass is 398 g/mol. The molecule has 0 atom stereocenters. The summed E-state index contributed by atoms with van der Waals surface area (Å²) in [4.78, 5) is 14.0. The van der Waals surface area contributed by atoms with Gasteiger partial charge in [0.05, 0.1) is 5.69 Å². The van der Waals surface area contributed by atoms with Crippen LogP contribution in [0.3, 0.4) is 0 Å². The first-order valence-corrected chi connectivity index (χ1v) is 8.78. The minimum atomic E-state index is -0.385. The van der Waals surface area contributed by atoms with Crippen LogP contribution in [0.1, 0.15) is 5.76 Å². The van der Waals surface area contributed by atoms with Gasteiger partial charge in [-0.3, -0.25) is 9.69 Å². The van der Waals surface area contributed by atoms with E-state index in [2.05, 4.69) is 5.32 Å². The van der Waals surface area contributed by atoms with Gasteiger partial charge in [-0.2, -0.15) is 0 Å². The van der Waals surface area contributed by atoms with Gasteiger partial charge < -0.3 is 9.73 Å². The Morgan fingerprint density at radius 2 is 1.89 bits per heavy atom. The van der Waals surface area contributed by atoms with Crippen LogP contribution in [-0.2, 0) is 4.79 Å². The predicted molar refractivity (Wildman–Crippen MR) is 107 cm³/mol. The van der Waals surface area contributed by atoms with Gasteiger partial charge in [-0.15, -0.1) is 0 Å². The summed E-state index contributed by atoms with van der Waals surface area (Å²) in [6.45, 7) is 0. The summed E-state index contributed by atoms with van der Waals surface area (Å²) in [7, 11) is 0. The lowest BCUT2D eigenvalue weighted by molar-refractivity contribution is -0.113. The number of benzene rings is 2. The molecule has 0 aliphatic carbocycles. The molecule has 1 amide bonds. The zero-order valence-corrected chi connectivity index (χ0v) is 15.4. The van der Waals surface area contributed by atoms with E-state index in [1.807, 2.05) is 12.1 Å². The van der Waals surface area contributed by atoms with Crippen molar-refractivity contribution < 1.29 is 13.6 Å². The van der Waals surface area contributed by atoms with Crippen LogP contribution in [0, 0.1) is 5.82 Å². The molecule has 4 nitrogen and oxygen atoms in total. The lowest BCUT2D eigenvalue weighted by Gasteiger charge is -2.13. The number of hydrogen-bond acceptors (Lipinski definition) is 3. The third-order valence-corrected chi connectivity index (χ3v) is 4.51. The Bertz CT molecular complexity index is 1080. The van der Waals surface area contributed by atoms with Crippen molar-refractivity contribution in [2.45, 2.75) is 0 Å². The number of rotatable bonds is 3. The molecule has 2 heterocycles. The maximum Gasteiger partial charge on any atom is 0.281 e. The van der Waals surface area contributed by atoms with Crippen molar-refractivity contribution in [1.29, 1.82) is 0 Å². The van der Waals surface area contributed by atoms with E-state index in [1.54, 1.807) is 30.3 Å². The fraction of sp³-hybridized carbons (Fsp3) is 0. The molecule has 1 N–H and O–H groups in total. The third kappa shape index (κ3) is 3.49. The molecule has 1 saturated heterocycles. The molecular formula is C20H12ClFN2O2S. The number of nitrogens with zero attached hydrogens (tertiary/aromatic N) is 1. The Labute approximate surface area is 164 Å². The summed E-state index contributed by atoms with van der Waals surface area (Å²) >= 11 is 11.2. The maximum atomic E-state index is 13.1. The largest absolute Gasteiger partial charge is 0.457 e. The summed E-state index contributed by atoms with van der Waals surface area (Å²) in [5, 5.41) is 3.70. The van der Waals surface area contributed by atoms with Crippen molar-refractivity contribution >= 4 is 46.6 Å². The molecule has 0 spiro atoms. The Morgan fingerprint density at radius 3 is 2.63 bits per heavy atom. The van der Waals surface area contributed by atoms with Gasteiger partial charge in [-0.05, 0) is 60.7 Å². The van der Waals surface area contributed by atoms with Crippen LogP contribution >= 0.6 is 23.8 Å². The Balaban J connectivity index is 1.61. The second kappa shape index (κ2) is 6.98. The number of amides is 1. The summed E-state index contributed by atoms with van der Waals surface area (Å²) in [5.41, 5.74) is 1.60. The average molecular weight is 399 g/mol. The van der Waals surface area contributed by atoms with Crippen LogP contribution in [0.25, 0.3) is 17.4 Å². The van der Waals surface area contributed by atoms with Gasteiger partial charge in [-0.1, -0.05) is 23.7 Å². The fourth-order valence-corrected chi connectivity index (χ4v) is 3.22. The zero-order chi connectivity index (χ0) is 19.0. The van der Waals surface area contributed by atoms with E-state index >= 15 is 0 Å². The number of carbonyl (C=O) groups is 1. The molecule has 1 aliphatic heterocycles. The van der Waals surface area contributed by atoms with E-state index < -0.39 is 0 Å². The molecule has 1 fully saturated rings. The van der Waals surface area contributed by atoms with E-state index in [9.17, 15) is 9.18 Å². The molecule has 0 bridgehead atoms. The molecule has 2 aromatic carbocycles. The van der Waals surface area contributed by atoms with E-state index in [1.165, 1.54) is 29.2 Å². The minimum Gasteiger partial charge on any atom is -0.457 e. The van der Waals surface area contributed by atoms with Crippen LogP contribution < -0.4 is 10.2 Å². The van der Waals surface area contributed by atoms with Gasteiger partial charge in [0.25, 0.3) is 5.91 Å². The van der Waals surface area contributed by atoms with Gasteiger partial charge in [0.15, 0.2) is 5.11 Å². The predicted octanol–water partition coefficient (Wildman–Crippen LogP) is 5.00. The van der Waals surface area contributed by atoms with Gasteiger partial charge in [0.1, 0.15) is 23.0 Å². The molecule has 134 valence electrons. The summed E-state index contributed by atoms with van der Waals surface area (Å²) < 4.78 is 18.9. The van der Waals surface area contributed by atoms with Crippen molar-refractivity contribution in [1.82, 2.24) is 5.32 Å². The number of carbonyl (C=O) groups excluding carboxylic acids is 1. The minimum absolute atomic E-state index is 0.222. The first kappa shape index (κ1) is 17.5. The highest BCUT2D eigenvalue weighted by Crippen LogP contribution is 2.27. The van der Waals surface area contributed by atoms with Crippen molar-refractivity contribution in [3.8, 4) is 11.3 Å². The average Bonchev–Trinajstić information content (AvgIpc) is 3.21. The maximum absolute atomic E-state index is 13.1. The number of furan rings is 1. The van der Waals surface area contributed by atoms with Gasteiger partial charge in [-0.25, -0.2) is 4.39 Å². The molecule has 1 aliphatic rings. The van der Waals surface area contributed by atoms with Crippen LogP contribution in [0.15, 0.2) is 70.8 Å². The van der Waals surface area contributed by atoms with Crippen molar-refractivity contribution in [3.05, 3.63) is 83.0 Å². The number of halogens is 2. The van der Waals surface area contributed by atoms with Gasteiger partial charge >= 0.3 is 0 Å². The van der Waals surface area contributed by atoms with Gasteiger partial charge in [0.2, 0.25) is 0 Å². The van der Waals surface area contributed by atoms with Crippen molar-refractivity contribution in [2.24, 2.45) is 0 Å². The smallest absolute Gasteiger partial charge is 0.281 e. The molecule has 0 unspecified atom stereocenters. The molecule has 4 rings (SSSR count). The molecule has 0 saturated carbocycles. The Kier molecular flexibility index (Phi) is 4.51. The third-order valence-electron chi connectivity index (χ3n) is 3.99. The van der Waals surface area contributed by atoms with Gasteiger partial charge in [0, 0.05) is 16.7 Å². The normalized spacial score (nSPS) is 15.5. The van der Waals surface area contributed by atoms with E-state index in [-0.39, 0.29) is 22.5 Å². The molecule has 7 heteroatoms. The van der Waals surface area contributed by atoms with Crippen molar-refractivity contribution in [2.75, 3.05) is 4.90 Å². The zero-order valence-electron chi connectivity index (χ0n) is 13.8. The fourth-order valence-electron chi connectivity index (χ4n) is 2.73. The number of anilines is 1.